The van der Waals surface area contributed by atoms with Gasteiger partial charge in [0.25, 0.3) is 0 Å². The highest BCUT2D eigenvalue weighted by atomic mass is 79.9. The molecule has 0 aliphatic carbocycles. The van der Waals surface area contributed by atoms with Crippen molar-refractivity contribution >= 4 is 32.9 Å². The van der Waals surface area contributed by atoms with Crippen molar-refractivity contribution in [2.45, 2.75) is 6.54 Å². The quantitative estimate of drug-likeness (QED) is 0.613. The van der Waals surface area contributed by atoms with Crippen molar-refractivity contribution in [3.05, 3.63) is 40.1 Å². The van der Waals surface area contributed by atoms with E-state index in [4.69, 9.17) is 15.7 Å². The van der Waals surface area contributed by atoms with Gasteiger partial charge in [-0.1, -0.05) is 12.1 Å². The molecule has 0 atom stereocenters. The molecule has 0 unspecified atom stereocenters. The van der Waals surface area contributed by atoms with Crippen LogP contribution in [0, 0.1) is 11.3 Å². The predicted octanol–water partition coefficient (Wildman–Crippen LogP) is 2.03. The molecule has 9 heteroatoms. The fourth-order valence-corrected chi connectivity index (χ4v) is 2.84. The number of likely N-dealkylation sites (N-methyl/N-ethyl adjacent to an activating group) is 1. The molecular formula is C17H18BrN7O. The average Bonchev–Trinajstić information content (AvgIpc) is 2.92. The summed E-state index contributed by atoms with van der Waals surface area (Å²) in [6, 6.07) is 9.69. The van der Waals surface area contributed by atoms with Crippen molar-refractivity contribution in [3.8, 4) is 12.1 Å². The number of nitrogens with zero attached hydrogens (tertiary/aromatic N) is 6. The first-order chi connectivity index (χ1) is 12.5. The Hall–Kier alpha value is -2.70. The van der Waals surface area contributed by atoms with Gasteiger partial charge in [-0.15, -0.1) is 0 Å². The molecule has 8 nitrogen and oxygen atoms in total. The molecule has 0 bridgehead atoms. The summed E-state index contributed by atoms with van der Waals surface area (Å²) >= 11 is 3.45. The van der Waals surface area contributed by atoms with Gasteiger partial charge in [-0.05, 0) is 47.7 Å². The third-order valence-corrected chi connectivity index (χ3v) is 4.35. The number of hydrogen-bond acceptors (Lipinski definition) is 7. The van der Waals surface area contributed by atoms with Gasteiger partial charge in [-0.25, -0.2) is 4.98 Å². The van der Waals surface area contributed by atoms with E-state index in [2.05, 4.69) is 37.0 Å². The number of fused-ring (bicyclic) bond motifs is 1. The summed E-state index contributed by atoms with van der Waals surface area (Å²) in [4.78, 5) is 15.1. The Kier molecular flexibility index (Phi) is 5.35. The molecule has 2 aromatic heterocycles. The Bertz CT molecular complexity index is 960. The molecule has 26 heavy (non-hydrogen) atoms. The van der Waals surface area contributed by atoms with Gasteiger partial charge in [0, 0.05) is 6.54 Å². The van der Waals surface area contributed by atoms with Crippen molar-refractivity contribution in [2.75, 3.05) is 33.0 Å². The van der Waals surface area contributed by atoms with Crippen molar-refractivity contribution < 1.29 is 4.74 Å². The number of halogens is 1. The SMILES string of the molecule is CN(C)CCOc1nc(N)c2nc(Br)n(Cc3ccc(C#N)cc3)c2n1. The van der Waals surface area contributed by atoms with E-state index < -0.39 is 0 Å². The summed E-state index contributed by atoms with van der Waals surface area (Å²) in [5, 5.41) is 8.92. The third kappa shape index (κ3) is 3.92. The summed E-state index contributed by atoms with van der Waals surface area (Å²) in [5.41, 5.74) is 8.77. The van der Waals surface area contributed by atoms with Crippen LogP contribution in [-0.4, -0.2) is 51.7 Å². The molecule has 2 heterocycles. The van der Waals surface area contributed by atoms with Gasteiger partial charge in [0.1, 0.15) is 6.61 Å². The largest absolute Gasteiger partial charge is 0.462 e. The Morgan fingerprint density at radius 1 is 1.23 bits per heavy atom. The van der Waals surface area contributed by atoms with Crippen molar-refractivity contribution in [1.29, 1.82) is 5.26 Å². The molecule has 0 saturated heterocycles. The van der Waals surface area contributed by atoms with Crippen LogP contribution in [0.2, 0.25) is 0 Å². The van der Waals surface area contributed by atoms with E-state index in [1.807, 2.05) is 35.7 Å². The predicted molar refractivity (Wildman–Crippen MR) is 102 cm³/mol. The Balaban J connectivity index is 1.92. The van der Waals surface area contributed by atoms with Gasteiger partial charge in [-0.2, -0.15) is 15.2 Å². The van der Waals surface area contributed by atoms with E-state index >= 15 is 0 Å². The molecule has 134 valence electrons. The maximum absolute atomic E-state index is 8.92. The summed E-state index contributed by atoms with van der Waals surface area (Å²) in [6.45, 7) is 1.73. The zero-order chi connectivity index (χ0) is 18.7. The standard InChI is InChI=1S/C17H18BrN7O/c1-24(2)7-8-26-17-22-14(20)13-15(23-17)25(16(18)21-13)10-12-5-3-11(9-19)4-6-12/h3-6H,7-8,10H2,1-2H3,(H2,20,22,23). The van der Waals surface area contributed by atoms with Crippen LogP contribution in [0.5, 0.6) is 6.01 Å². The number of hydrogen-bond donors (Lipinski definition) is 1. The fraction of sp³-hybridized carbons (Fsp3) is 0.294. The number of nitrogen functional groups attached to an aromatic ring is 1. The van der Waals surface area contributed by atoms with Crippen LogP contribution < -0.4 is 10.5 Å². The van der Waals surface area contributed by atoms with Crippen molar-refractivity contribution in [3.63, 3.8) is 0 Å². The van der Waals surface area contributed by atoms with Crippen LogP contribution in [-0.2, 0) is 6.54 Å². The molecule has 0 aliphatic rings. The van der Waals surface area contributed by atoms with Gasteiger partial charge in [0.2, 0.25) is 0 Å². The van der Waals surface area contributed by atoms with Crippen LogP contribution in [0.4, 0.5) is 5.82 Å². The molecular weight excluding hydrogens is 398 g/mol. The molecule has 0 aliphatic heterocycles. The number of rotatable bonds is 6. The van der Waals surface area contributed by atoms with E-state index in [1.54, 1.807) is 12.1 Å². The third-order valence-electron chi connectivity index (χ3n) is 3.75. The second-order valence-corrected chi connectivity index (χ2v) is 6.70. The zero-order valence-corrected chi connectivity index (χ0v) is 16.1. The van der Waals surface area contributed by atoms with E-state index in [-0.39, 0.29) is 11.8 Å². The summed E-state index contributed by atoms with van der Waals surface area (Å²) in [7, 11) is 3.93. The topological polar surface area (TPSA) is 106 Å². The van der Waals surface area contributed by atoms with Crippen LogP contribution in [0.25, 0.3) is 11.2 Å². The molecule has 0 amide bonds. The van der Waals surface area contributed by atoms with Gasteiger partial charge in [0.15, 0.2) is 21.7 Å². The lowest BCUT2D eigenvalue weighted by Gasteiger charge is -2.10. The number of imidazole rings is 1. The summed E-state index contributed by atoms with van der Waals surface area (Å²) in [5.74, 6) is 0.272. The molecule has 3 rings (SSSR count). The number of anilines is 1. The Morgan fingerprint density at radius 3 is 2.62 bits per heavy atom. The monoisotopic (exact) mass is 415 g/mol. The highest BCUT2D eigenvalue weighted by Crippen LogP contribution is 2.25. The lowest BCUT2D eigenvalue weighted by molar-refractivity contribution is 0.246. The summed E-state index contributed by atoms with van der Waals surface area (Å²) < 4.78 is 8.10. The first-order valence-corrected chi connectivity index (χ1v) is 8.73. The van der Waals surface area contributed by atoms with Crippen LogP contribution in [0.1, 0.15) is 11.1 Å². The Labute approximate surface area is 159 Å². The second-order valence-electron chi connectivity index (χ2n) is 5.99. The maximum Gasteiger partial charge on any atom is 0.320 e. The van der Waals surface area contributed by atoms with Crippen molar-refractivity contribution in [2.24, 2.45) is 0 Å². The lowest BCUT2D eigenvalue weighted by atomic mass is 10.1. The van der Waals surface area contributed by atoms with Crippen LogP contribution >= 0.6 is 15.9 Å². The fourth-order valence-electron chi connectivity index (χ4n) is 2.37. The number of ether oxygens (including phenoxy) is 1. The first kappa shape index (κ1) is 18.1. The van der Waals surface area contributed by atoms with Gasteiger partial charge in [-0.3, -0.25) is 4.57 Å². The lowest BCUT2D eigenvalue weighted by Crippen LogP contribution is -2.20. The van der Waals surface area contributed by atoms with Gasteiger partial charge < -0.3 is 15.4 Å². The number of aromatic nitrogens is 4. The molecule has 1 aromatic carbocycles. The van der Waals surface area contributed by atoms with E-state index in [1.165, 1.54) is 0 Å². The minimum Gasteiger partial charge on any atom is -0.462 e. The molecule has 0 fully saturated rings. The molecule has 0 saturated carbocycles. The molecule has 0 radical (unpaired) electrons. The average molecular weight is 416 g/mol. The van der Waals surface area contributed by atoms with Crippen LogP contribution in [0.3, 0.4) is 0 Å². The first-order valence-electron chi connectivity index (χ1n) is 7.93. The maximum atomic E-state index is 8.92. The highest BCUT2D eigenvalue weighted by molar-refractivity contribution is 9.10. The minimum atomic E-state index is 0.227. The molecule has 2 N–H and O–H groups in total. The second kappa shape index (κ2) is 7.68. The van der Waals surface area contributed by atoms with E-state index in [9.17, 15) is 0 Å². The minimum absolute atomic E-state index is 0.227. The highest BCUT2D eigenvalue weighted by Gasteiger charge is 2.16. The van der Waals surface area contributed by atoms with Crippen LogP contribution in [0.15, 0.2) is 29.0 Å². The van der Waals surface area contributed by atoms with Crippen molar-refractivity contribution in [1.82, 2.24) is 24.4 Å². The molecule has 3 aromatic rings. The normalized spacial score (nSPS) is 11.0. The number of nitrogens with two attached hydrogens (primary N) is 1. The Morgan fingerprint density at radius 2 is 1.96 bits per heavy atom. The van der Waals surface area contributed by atoms with Gasteiger partial charge in [0.05, 0.1) is 18.2 Å². The number of nitriles is 1. The summed E-state index contributed by atoms with van der Waals surface area (Å²) in [6.07, 6.45) is 0. The van der Waals surface area contributed by atoms with Gasteiger partial charge >= 0.3 is 6.01 Å². The smallest absolute Gasteiger partial charge is 0.320 e. The zero-order valence-electron chi connectivity index (χ0n) is 14.5. The van der Waals surface area contributed by atoms with E-state index in [0.717, 1.165) is 12.1 Å². The van der Waals surface area contributed by atoms with E-state index in [0.29, 0.717) is 34.6 Å². The number of benzene rings is 1. The molecule has 0 spiro atoms.